The van der Waals surface area contributed by atoms with Crippen LogP contribution in [0.2, 0.25) is 0 Å². The summed E-state index contributed by atoms with van der Waals surface area (Å²) in [5.41, 5.74) is 2.02. The molecule has 0 aliphatic heterocycles. The Morgan fingerprint density at radius 2 is 1.83 bits per heavy atom. The summed E-state index contributed by atoms with van der Waals surface area (Å²) in [7, 11) is 0. The molecule has 2 rings (SSSR count). The molecule has 2 aromatic rings. The first kappa shape index (κ1) is 17.6. The lowest BCUT2D eigenvalue weighted by molar-refractivity contribution is -0.141. The highest BCUT2D eigenvalue weighted by Gasteiger charge is 2.21. The van der Waals surface area contributed by atoms with Crippen molar-refractivity contribution in [3.63, 3.8) is 0 Å². The van der Waals surface area contributed by atoms with Gasteiger partial charge in [0.2, 0.25) is 5.91 Å². The molecular formula is C18H17F2NO3. The van der Waals surface area contributed by atoms with Gasteiger partial charge in [0.15, 0.2) is 11.6 Å². The minimum Gasteiger partial charge on any atom is -0.480 e. The quantitative estimate of drug-likeness (QED) is 0.854. The Bertz CT molecular complexity index is 762. The van der Waals surface area contributed by atoms with Crippen molar-refractivity contribution in [2.24, 2.45) is 0 Å². The van der Waals surface area contributed by atoms with Crippen LogP contribution in [0.5, 0.6) is 0 Å². The first-order valence-electron chi connectivity index (χ1n) is 7.37. The van der Waals surface area contributed by atoms with Gasteiger partial charge in [-0.25, -0.2) is 13.6 Å². The molecule has 0 fully saturated rings. The van der Waals surface area contributed by atoms with Crippen LogP contribution in [0.3, 0.4) is 0 Å². The standard InChI is InChI=1S/C18H17F2NO3/c1-11-4-2-3-5-13(11)10-16(18(23)24)21-17(22)9-12-6-7-14(19)15(20)8-12/h2-8,16H,9-10H2,1H3,(H,21,22)(H,23,24)/t16-/m1/s1. The Morgan fingerprint density at radius 3 is 2.46 bits per heavy atom. The largest absolute Gasteiger partial charge is 0.480 e. The summed E-state index contributed by atoms with van der Waals surface area (Å²) in [6, 6.07) is 9.34. The Hall–Kier alpha value is -2.76. The number of hydrogen-bond donors (Lipinski definition) is 2. The maximum absolute atomic E-state index is 13.2. The lowest BCUT2D eigenvalue weighted by atomic mass is 10.0. The molecule has 0 heterocycles. The fraction of sp³-hybridized carbons (Fsp3) is 0.222. The van der Waals surface area contributed by atoms with Crippen LogP contribution in [0, 0.1) is 18.6 Å². The van der Waals surface area contributed by atoms with Gasteiger partial charge in [0, 0.05) is 6.42 Å². The summed E-state index contributed by atoms with van der Waals surface area (Å²) in [4.78, 5) is 23.4. The monoisotopic (exact) mass is 333 g/mol. The minimum absolute atomic E-state index is 0.144. The summed E-state index contributed by atoms with van der Waals surface area (Å²) >= 11 is 0. The van der Waals surface area contributed by atoms with Gasteiger partial charge < -0.3 is 10.4 Å². The number of hydrogen-bond acceptors (Lipinski definition) is 2. The highest BCUT2D eigenvalue weighted by atomic mass is 19.2. The van der Waals surface area contributed by atoms with Gasteiger partial charge in [0.05, 0.1) is 6.42 Å². The van der Waals surface area contributed by atoms with Gasteiger partial charge >= 0.3 is 5.97 Å². The van der Waals surface area contributed by atoms with Crippen molar-refractivity contribution in [2.45, 2.75) is 25.8 Å². The van der Waals surface area contributed by atoms with E-state index in [1.807, 2.05) is 19.1 Å². The molecule has 2 aromatic carbocycles. The molecule has 6 heteroatoms. The smallest absolute Gasteiger partial charge is 0.326 e. The normalized spacial score (nSPS) is 11.8. The molecule has 1 amide bonds. The second kappa shape index (κ2) is 7.68. The molecule has 1 atom stereocenters. The molecular weight excluding hydrogens is 316 g/mol. The second-order valence-electron chi connectivity index (χ2n) is 5.51. The zero-order chi connectivity index (χ0) is 17.7. The Morgan fingerprint density at radius 1 is 1.12 bits per heavy atom. The number of carboxylic acid groups (broad SMARTS) is 1. The molecule has 24 heavy (non-hydrogen) atoms. The van der Waals surface area contributed by atoms with E-state index in [4.69, 9.17) is 0 Å². The first-order valence-corrected chi connectivity index (χ1v) is 7.37. The Labute approximate surface area is 138 Å². The van der Waals surface area contributed by atoms with Crippen LogP contribution in [0.25, 0.3) is 0 Å². The average molecular weight is 333 g/mol. The average Bonchev–Trinajstić information content (AvgIpc) is 2.52. The summed E-state index contributed by atoms with van der Waals surface area (Å²) in [5, 5.41) is 11.7. The van der Waals surface area contributed by atoms with Crippen molar-refractivity contribution in [1.82, 2.24) is 5.32 Å². The molecule has 0 aliphatic rings. The van der Waals surface area contributed by atoms with Gasteiger partial charge in [-0.2, -0.15) is 0 Å². The van der Waals surface area contributed by atoms with Crippen LogP contribution >= 0.6 is 0 Å². The third-order valence-electron chi connectivity index (χ3n) is 3.67. The van der Waals surface area contributed by atoms with Crippen LogP contribution in [-0.2, 0) is 22.4 Å². The summed E-state index contributed by atoms with van der Waals surface area (Å²) < 4.78 is 26.0. The molecule has 0 bridgehead atoms. The first-order chi connectivity index (χ1) is 11.4. The van der Waals surface area contributed by atoms with E-state index in [1.165, 1.54) is 6.07 Å². The van der Waals surface area contributed by atoms with E-state index in [-0.39, 0.29) is 18.4 Å². The molecule has 0 unspecified atom stereocenters. The number of benzene rings is 2. The number of nitrogens with one attached hydrogen (secondary N) is 1. The van der Waals surface area contributed by atoms with Crippen molar-refractivity contribution in [3.8, 4) is 0 Å². The molecule has 0 aliphatic carbocycles. The predicted octanol–water partition coefficient (Wildman–Crippen LogP) is 2.63. The lowest BCUT2D eigenvalue weighted by Gasteiger charge is -2.16. The number of rotatable bonds is 6. The molecule has 0 saturated carbocycles. The zero-order valence-electron chi connectivity index (χ0n) is 13.1. The summed E-state index contributed by atoms with van der Waals surface area (Å²) in [6.45, 7) is 1.86. The minimum atomic E-state index is -1.16. The van der Waals surface area contributed by atoms with Crippen molar-refractivity contribution < 1.29 is 23.5 Å². The molecule has 4 nitrogen and oxygen atoms in total. The number of aryl methyl sites for hydroxylation is 1. The molecule has 2 N–H and O–H groups in total. The Balaban J connectivity index is 2.04. The number of amides is 1. The summed E-state index contributed by atoms with van der Waals surface area (Å²) in [5.74, 6) is -3.77. The molecule has 0 saturated heterocycles. The van der Waals surface area contributed by atoms with Crippen molar-refractivity contribution in [2.75, 3.05) is 0 Å². The van der Waals surface area contributed by atoms with Gasteiger partial charge in [0.1, 0.15) is 6.04 Å². The third-order valence-corrected chi connectivity index (χ3v) is 3.67. The fourth-order valence-corrected chi connectivity index (χ4v) is 2.34. The Kier molecular flexibility index (Phi) is 5.63. The summed E-state index contributed by atoms with van der Waals surface area (Å²) in [6.07, 6.45) is -0.0831. The van der Waals surface area contributed by atoms with Crippen molar-refractivity contribution in [3.05, 3.63) is 70.8 Å². The number of halogens is 2. The van der Waals surface area contributed by atoms with Crippen molar-refractivity contribution in [1.29, 1.82) is 0 Å². The van der Waals surface area contributed by atoms with E-state index in [2.05, 4.69) is 5.32 Å². The van der Waals surface area contributed by atoms with E-state index in [1.54, 1.807) is 12.1 Å². The van der Waals surface area contributed by atoms with Gasteiger partial charge in [-0.05, 0) is 35.7 Å². The van der Waals surface area contributed by atoms with Crippen molar-refractivity contribution >= 4 is 11.9 Å². The van der Waals surface area contributed by atoms with E-state index < -0.39 is 29.6 Å². The van der Waals surface area contributed by atoms with Gasteiger partial charge in [-0.1, -0.05) is 30.3 Å². The fourth-order valence-electron chi connectivity index (χ4n) is 2.34. The van der Waals surface area contributed by atoms with Crippen LogP contribution in [-0.4, -0.2) is 23.0 Å². The number of aliphatic carboxylic acids is 1. The highest BCUT2D eigenvalue weighted by molar-refractivity contribution is 5.85. The maximum atomic E-state index is 13.2. The van der Waals surface area contributed by atoms with Crippen LogP contribution < -0.4 is 5.32 Å². The highest BCUT2D eigenvalue weighted by Crippen LogP contribution is 2.11. The van der Waals surface area contributed by atoms with E-state index in [0.29, 0.717) is 0 Å². The van der Waals surface area contributed by atoms with Gasteiger partial charge in [-0.15, -0.1) is 0 Å². The van der Waals surface area contributed by atoms with Gasteiger partial charge in [-0.3, -0.25) is 4.79 Å². The maximum Gasteiger partial charge on any atom is 0.326 e. The van der Waals surface area contributed by atoms with E-state index in [0.717, 1.165) is 23.3 Å². The van der Waals surface area contributed by atoms with E-state index >= 15 is 0 Å². The molecule has 0 aromatic heterocycles. The third kappa shape index (κ3) is 4.62. The lowest BCUT2D eigenvalue weighted by Crippen LogP contribution is -2.43. The zero-order valence-corrected chi connectivity index (χ0v) is 13.1. The SMILES string of the molecule is Cc1ccccc1C[C@@H](NC(=O)Cc1ccc(F)c(F)c1)C(=O)O. The predicted molar refractivity (Wildman–Crippen MR) is 84.5 cm³/mol. The van der Waals surface area contributed by atoms with Crippen LogP contribution in [0.1, 0.15) is 16.7 Å². The van der Waals surface area contributed by atoms with E-state index in [9.17, 15) is 23.5 Å². The molecule has 0 radical (unpaired) electrons. The number of carbonyl (C=O) groups excluding carboxylic acids is 1. The molecule has 126 valence electrons. The number of carbonyl (C=O) groups is 2. The number of carboxylic acids is 1. The molecule has 0 spiro atoms. The van der Waals surface area contributed by atoms with Crippen LogP contribution in [0.4, 0.5) is 8.78 Å². The van der Waals surface area contributed by atoms with Crippen LogP contribution in [0.15, 0.2) is 42.5 Å². The second-order valence-corrected chi connectivity index (χ2v) is 5.51. The van der Waals surface area contributed by atoms with Gasteiger partial charge in [0.25, 0.3) is 0 Å². The topological polar surface area (TPSA) is 66.4 Å².